The molecule has 1 aliphatic heterocycles. The van der Waals surface area contributed by atoms with Crippen LogP contribution in [0.25, 0.3) is 17.4 Å². The van der Waals surface area contributed by atoms with E-state index in [2.05, 4.69) is 10.3 Å². The van der Waals surface area contributed by atoms with Gasteiger partial charge in [0.25, 0.3) is 10.9 Å². The van der Waals surface area contributed by atoms with E-state index in [1.54, 1.807) is 42.5 Å². The highest BCUT2D eigenvalue weighted by molar-refractivity contribution is 8.18. The molecule has 0 aliphatic carbocycles. The van der Waals surface area contributed by atoms with Crippen molar-refractivity contribution in [3.8, 4) is 17.1 Å². The fourth-order valence-corrected chi connectivity index (χ4v) is 3.41. The summed E-state index contributed by atoms with van der Waals surface area (Å²) in [5, 5.41) is 22.9. The number of nitro groups is 1. The Morgan fingerprint density at radius 1 is 1.14 bits per heavy atom. The van der Waals surface area contributed by atoms with Gasteiger partial charge in [-0.2, -0.15) is 0 Å². The van der Waals surface area contributed by atoms with Crippen LogP contribution in [0.3, 0.4) is 0 Å². The molecule has 2 N–H and O–H groups in total. The van der Waals surface area contributed by atoms with Crippen molar-refractivity contribution >= 4 is 40.3 Å². The number of thioether (sulfide) groups is 1. The van der Waals surface area contributed by atoms with E-state index < -0.39 is 4.92 Å². The molecule has 9 heteroatoms. The summed E-state index contributed by atoms with van der Waals surface area (Å²) in [5.74, 6) is 1.35. The lowest BCUT2D eigenvalue weighted by Gasteiger charge is -2.00. The number of phenols is 1. The molecule has 29 heavy (non-hydrogen) atoms. The average molecular weight is 407 g/mol. The quantitative estimate of drug-likeness (QED) is 0.459. The predicted molar refractivity (Wildman–Crippen MR) is 110 cm³/mol. The van der Waals surface area contributed by atoms with Crippen molar-refractivity contribution in [1.29, 1.82) is 0 Å². The number of nitro benzene ring substituents is 1. The number of amides is 1. The number of rotatable bonds is 4. The number of carbonyl (C=O) groups excluding carboxylic acids is 1. The van der Waals surface area contributed by atoms with Gasteiger partial charge in [-0.1, -0.05) is 18.2 Å². The molecule has 4 rings (SSSR count). The van der Waals surface area contributed by atoms with Gasteiger partial charge in [-0.3, -0.25) is 14.9 Å². The van der Waals surface area contributed by atoms with Crippen molar-refractivity contribution in [2.75, 3.05) is 0 Å². The zero-order valence-corrected chi connectivity index (χ0v) is 15.6. The lowest BCUT2D eigenvalue weighted by Crippen LogP contribution is -2.18. The minimum atomic E-state index is -0.466. The summed E-state index contributed by atoms with van der Waals surface area (Å²) in [6, 6.07) is 15.9. The smallest absolute Gasteiger partial charge is 0.289 e. The number of hydrogen-bond acceptors (Lipinski definition) is 7. The molecule has 1 saturated heterocycles. The first-order valence-electron chi connectivity index (χ1n) is 8.41. The molecule has 0 bridgehead atoms. The molecule has 8 nitrogen and oxygen atoms in total. The van der Waals surface area contributed by atoms with Gasteiger partial charge >= 0.3 is 0 Å². The number of aromatic hydroxyl groups is 1. The Morgan fingerprint density at radius 2 is 1.97 bits per heavy atom. The van der Waals surface area contributed by atoms with Crippen LogP contribution in [0.5, 0.6) is 5.75 Å². The second-order valence-corrected chi connectivity index (χ2v) is 7.03. The van der Waals surface area contributed by atoms with Crippen molar-refractivity contribution in [1.82, 2.24) is 5.32 Å². The molecule has 0 saturated carbocycles. The third-order valence-corrected chi connectivity index (χ3v) is 4.79. The predicted octanol–water partition coefficient (Wildman–Crippen LogP) is 5.09. The Balaban J connectivity index is 1.64. The number of phenolic OH excluding ortho intramolecular Hbond substituents is 1. The topological polar surface area (TPSA) is 118 Å². The normalized spacial score (nSPS) is 16.3. The summed E-state index contributed by atoms with van der Waals surface area (Å²) in [6.45, 7) is 0. The van der Waals surface area contributed by atoms with Gasteiger partial charge in [0.15, 0.2) is 0 Å². The van der Waals surface area contributed by atoms with E-state index in [0.29, 0.717) is 33.5 Å². The minimum absolute atomic E-state index is 0.0273. The number of nitrogens with zero attached hydrogens (tertiary/aromatic N) is 2. The van der Waals surface area contributed by atoms with Crippen molar-refractivity contribution in [2.24, 2.45) is 4.99 Å². The minimum Gasteiger partial charge on any atom is -0.508 e. The number of amidine groups is 1. The van der Waals surface area contributed by atoms with Gasteiger partial charge in [0.1, 0.15) is 23.1 Å². The fraction of sp³-hybridized carbons (Fsp3) is 0. The zero-order chi connectivity index (χ0) is 20.4. The number of furan rings is 1. The molecule has 1 aromatic heterocycles. The summed E-state index contributed by atoms with van der Waals surface area (Å²) in [7, 11) is 0. The van der Waals surface area contributed by atoms with Crippen molar-refractivity contribution in [2.45, 2.75) is 0 Å². The lowest BCUT2D eigenvalue weighted by atomic mass is 10.1. The number of benzene rings is 2. The summed E-state index contributed by atoms with van der Waals surface area (Å²) >= 11 is 0.972. The number of carbonyl (C=O) groups is 1. The maximum absolute atomic E-state index is 11.8. The van der Waals surface area contributed by atoms with Gasteiger partial charge < -0.3 is 14.8 Å². The van der Waals surface area contributed by atoms with Gasteiger partial charge in [0.05, 0.1) is 15.5 Å². The van der Waals surface area contributed by atoms with E-state index in [9.17, 15) is 20.0 Å². The van der Waals surface area contributed by atoms with Crippen LogP contribution >= 0.6 is 11.8 Å². The first-order valence-corrected chi connectivity index (χ1v) is 9.23. The molecule has 144 valence electrons. The van der Waals surface area contributed by atoms with E-state index in [4.69, 9.17) is 4.42 Å². The number of nitrogens with one attached hydrogen (secondary N) is 1. The molecule has 3 aromatic rings. The monoisotopic (exact) mass is 407 g/mol. The molecule has 1 aliphatic rings. The maximum Gasteiger partial charge on any atom is 0.289 e. The second kappa shape index (κ2) is 7.64. The zero-order valence-electron chi connectivity index (χ0n) is 14.7. The Labute approximate surface area is 168 Å². The van der Waals surface area contributed by atoms with E-state index in [1.165, 1.54) is 24.3 Å². The maximum atomic E-state index is 11.8. The van der Waals surface area contributed by atoms with Gasteiger partial charge in [-0.15, -0.1) is 0 Å². The van der Waals surface area contributed by atoms with Gasteiger partial charge in [0.2, 0.25) is 0 Å². The molecule has 2 heterocycles. The fourth-order valence-electron chi connectivity index (χ4n) is 2.69. The van der Waals surface area contributed by atoms with Gasteiger partial charge in [0, 0.05) is 23.8 Å². The van der Waals surface area contributed by atoms with Crippen LogP contribution in [0.4, 0.5) is 16.2 Å². The third kappa shape index (κ3) is 4.19. The molecular formula is C20H13N3O5S. The van der Waals surface area contributed by atoms with Crippen LogP contribution in [0.2, 0.25) is 0 Å². The summed E-state index contributed by atoms with van der Waals surface area (Å²) in [4.78, 5) is 27.2. The Hall–Kier alpha value is -3.85. The van der Waals surface area contributed by atoms with Crippen molar-refractivity contribution in [3.63, 3.8) is 0 Å². The van der Waals surface area contributed by atoms with Crippen LogP contribution in [-0.4, -0.2) is 21.1 Å². The largest absolute Gasteiger partial charge is 0.508 e. The lowest BCUT2D eigenvalue weighted by molar-refractivity contribution is -0.384. The third-order valence-electron chi connectivity index (χ3n) is 3.97. The molecular weight excluding hydrogens is 394 g/mol. The van der Waals surface area contributed by atoms with Crippen LogP contribution in [-0.2, 0) is 0 Å². The van der Waals surface area contributed by atoms with E-state index in [0.717, 1.165) is 11.8 Å². The molecule has 0 unspecified atom stereocenters. The van der Waals surface area contributed by atoms with Gasteiger partial charge in [-0.05, 0) is 42.1 Å². The van der Waals surface area contributed by atoms with Crippen LogP contribution in [0, 0.1) is 10.1 Å². The highest BCUT2D eigenvalue weighted by Crippen LogP contribution is 2.31. The summed E-state index contributed by atoms with van der Waals surface area (Å²) < 4.78 is 5.77. The van der Waals surface area contributed by atoms with Crippen LogP contribution in [0.1, 0.15) is 5.76 Å². The molecule has 0 atom stereocenters. The SMILES string of the molecule is O=C1NC(=Nc2cccc(O)c2)/C(=C/c2ccc(-c3cccc([N+](=O)[O-])c3)o2)S1. The van der Waals surface area contributed by atoms with Crippen LogP contribution in [0.15, 0.2) is 75.0 Å². The number of aliphatic imine (C=N–C) groups is 1. The Bertz CT molecular complexity index is 1180. The molecule has 1 amide bonds. The summed E-state index contributed by atoms with van der Waals surface area (Å²) in [6.07, 6.45) is 1.66. The van der Waals surface area contributed by atoms with Crippen molar-refractivity contribution in [3.05, 3.63) is 81.4 Å². The van der Waals surface area contributed by atoms with Crippen molar-refractivity contribution < 1.29 is 19.2 Å². The number of hydrogen-bond donors (Lipinski definition) is 2. The standard InChI is InChI=1S/C20H13N3O5S/c24-15-6-2-4-13(10-15)21-19-18(29-20(25)22-19)11-16-7-8-17(28-16)12-3-1-5-14(9-12)23(26)27/h1-11,24H,(H,21,22,25)/b18-11-. The molecule has 0 radical (unpaired) electrons. The average Bonchev–Trinajstić information content (AvgIpc) is 3.29. The second-order valence-electron chi connectivity index (χ2n) is 6.01. The first kappa shape index (κ1) is 18.5. The molecule has 0 spiro atoms. The van der Waals surface area contributed by atoms with Crippen LogP contribution < -0.4 is 5.32 Å². The van der Waals surface area contributed by atoms with E-state index in [1.807, 2.05) is 0 Å². The highest BCUT2D eigenvalue weighted by atomic mass is 32.2. The van der Waals surface area contributed by atoms with Gasteiger partial charge in [-0.25, -0.2) is 4.99 Å². The van der Waals surface area contributed by atoms with E-state index >= 15 is 0 Å². The summed E-state index contributed by atoms with van der Waals surface area (Å²) in [5.41, 5.74) is 1.04. The molecule has 1 fully saturated rings. The Morgan fingerprint density at radius 3 is 2.76 bits per heavy atom. The number of non-ortho nitro benzene ring substituents is 1. The Kier molecular flexibility index (Phi) is 4.88. The van der Waals surface area contributed by atoms with E-state index in [-0.39, 0.29) is 16.7 Å². The first-order chi connectivity index (χ1) is 14.0. The highest BCUT2D eigenvalue weighted by Gasteiger charge is 2.24. The molecule has 2 aromatic carbocycles.